The van der Waals surface area contributed by atoms with Crippen molar-refractivity contribution < 1.29 is 19.4 Å². The normalized spacial score (nSPS) is 23.8. The highest BCUT2D eigenvalue weighted by molar-refractivity contribution is 5.74. The lowest BCUT2D eigenvalue weighted by Crippen LogP contribution is -2.36. The van der Waals surface area contributed by atoms with Gasteiger partial charge in [0.2, 0.25) is 0 Å². The number of carbonyl (C=O) groups excluding carboxylic acids is 1. The number of amides is 1. The van der Waals surface area contributed by atoms with Crippen LogP contribution in [0.25, 0.3) is 0 Å². The molecule has 0 saturated carbocycles. The molecule has 0 unspecified atom stereocenters. The van der Waals surface area contributed by atoms with Gasteiger partial charge >= 0.3 is 12.1 Å². The van der Waals surface area contributed by atoms with E-state index in [2.05, 4.69) is 20.8 Å². The average molecular weight is 285 g/mol. The molecule has 1 amide bonds. The number of likely N-dealkylation sites (tertiary alicyclic amines) is 1. The molecular formula is C15H27NO4. The van der Waals surface area contributed by atoms with Gasteiger partial charge in [0.05, 0.1) is 5.92 Å². The van der Waals surface area contributed by atoms with Crippen LogP contribution >= 0.6 is 0 Å². The van der Waals surface area contributed by atoms with Crippen LogP contribution in [0, 0.1) is 17.3 Å². The van der Waals surface area contributed by atoms with E-state index in [1.807, 2.05) is 20.8 Å². The van der Waals surface area contributed by atoms with Crippen LogP contribution in [0.3, 0.4) is 0 Å². The predicted octanol–water partition coefficient (Wildman–Crippen LogP) is 2.99. The molecule has 1 heterocycles. The Kier molecular flexibility index (Phi) is 4.72. The fourth-order valence-electron chi connectivity index (χ4n) is 2.62. The highest BCUT2D eigenvalue weighted by Gasteiger charge is 2.42. The molecule has 1 N–H and O–H groups in total. The molecule has 1 aliphatic rings. The smallest absolute Gasteiger partial charge is 0.410 e. The van der Waals surface area contributed by atoms with Gasteiger partial charge in [-0.15, -0.1) is 0 Å². The highest BCUT2D eigenvalue weighted by Crippen LogP contribution is 2.34. The molecule has 0 radical (unpaired) electrons. The zero-order chi connectivity index (χ0) is 15.7. The molecule has 1 saturated heterocycles. The summed E-state index contributed by atoms with van der Waals surface area (Å²) in [4.78, 5) is 25.0. The predicted molar refractivity (Wildman–Crippen MR) is 76.5 cm³/mol. The first-order valence-electron chi connectivity index (χ1n) is 7.10. The van der Waals surface area contributed by atoms with Gasteiger partial charge in [-0.1, -0.05) is 20.8 Å². The monoisotopic (exact) mass is 285 g/mol. The van der Waals surface area contributed by atoms with Gasteiger partial charge in [0.25, 0.3) is 0 Å². The van der Waals surface area contributed by atoms with E-state index in [9.17, 15) is 14.7 Å². The number of carbonyl (C=O) groups is 2. The number of ether oxygens (including phenoxy) is 1. The maximum Gasteiger partial charge on any atom is 0.410 e. The van der Waals surface area contributed by atoms with Crippen LogP contribution in [0.15, 0.2) is 0 Å². The van der Waals surface area contributed by atoms with Crippen molar-refractivity contribution in [1.82, 2.24) is 4.90 Å². The van der Waals surface area contributed by atoms with Crippen LogP contribution in [0.2, 0.25) is 0 Å². The summed E-state index contributed by atoms with van der Waals surface area (Å²) < 4.78 is 5.32. The second kappa shape index (κ2) is 5.62. The van der Waals surface area contributed by atoms with Gasteiger partial charge in [0, 0.05) is 13.1 Å². The molecule has 0 aromatic carbocycles. The van der Waals surface area contributed by atoms with Crippen LogP contribution in [-0.2, 0) is 9.53 Å². The van der Waals surface area contributed by atoms with Crippen LogP contribution in [-0.4, -0.2) is 40.8 Å². The van der Waals surface area contributed by atoms with Crippen LogP contribution in [0.1, 0.15) is 48.0 Å². The zero-order valence-corrected chi connectivity index (χ0v) is 13.4. The number of aliphatic carboxylic acids is 1. The minimum absolute atomic E-state index is 0.0139. The molecular weight excluding hydrogens is 258 g/mol. The third kappa shape index (κ3) is 5.02. The summed E-state index contributed by atoms with van der Waals surface area (Å²) in [6, 6.07) is 0. The third-order valence-corrected chi connectivity index (χ3v) is 3.28. The summed E-state index contributed by atoms with van der Waals surface area (Å²) in [7, 11) is 0. The van der Waals surface area contributed by atoms with E-state index in [-0.39, 0.29) is 17.9 Å². The first-order chi connectivity index (χ1) is 8.89. The molecule has 5 heteroatoms. The van der Waals surface area contributed by atoms with Gasteiger partial charge in [-0.3, -0.25) is 4.79 Å². The fraction of sp³-hybridized carbons (Fsp3) is 0.867. The Morgan fingerprint density at radius 2 is 1.70 bits per heavy atom. The Labute approximate surface area is 121 Å². The lowest BCUT2D eigenvalue weighted by Gasteiger charge is -2.26. The first-order valence-corrected chi connectivity index (χ1v) is 7.10. The molecule has 0 aliphatic carbocycles. The number of hydrogen-bond acceptors (Lipinski definition) is 3. The van der Waals surface area contributed by atoms with E-state index in [4.69, 9.17) is 4.74 Å². The van der Waals surface area contributed by atoms with E-state index in [1.165, 1.54) is 4.90 Å². The van der Waals surface area contributed by atoms with Crippen molar-refractivity contribution in [3.8, 4) is 0 Å². The second-order valence-electron chi connectivity index (χ2n) is 7.85. The van der Waals surface area contributed by atoms with Gasteiger partial charge in [-0.05, 0) is 38.5 Å². The quantitative estimate of drug-likeness (QED) is 0.847. The molecule has 0 aromatic rings. The lowest BCUT2D eigenvalue weighted by molar-refractivity contribution is -0.142. The Morgan fingerprint density at radius 1 is 1.15 bits per heavy atom. The van der Waals surface area contributed by atoms with Gasteiger partial charge in [0.15, 0.2) is 0 Å². The molecule has 2 atom stereocenters. The Hall–Kier alpha value is -1.26. The molecule has 20 heavy (non-hydrogen) atoms. The van der Waals surface area contributed by atoms with Gasteiger partial charge < -0.3 is 14.7 Å². The van der Waals surface area contributed by atoms with E-state index in [1.54, 1.807) is 0 Å². The van der Waals surface area contributed by atoms with Crippen LogP contribution in [0.5, 0.6) is 0 Å². The number of carboxylic acids is 1. The minimum atomic E-state index is -0.828. The third-order valence-electron chi connectivity index (χ3n) is 3.28. The summed E-state index contributed by atoms with van der Waals surface area (Å²) in [6.07, 6.45) is 0.364. The van der Waals surface area contributed by atoms with Crippen molar-refractivity contribution in [2.24, 2.45) is 17.3 Å². The Bertz CT molecular complexity index is 378. The second-order valence-corrected chi connectivity index (χ2v) is 7.85. The van der Waals surface area contributed by atoms with Gasteiger partial charge in [-0.25, -0.2) is 4.79 Å². The molecule has 1 rings (SSSR count). The van der Waals surface area contributed by atoms with Crippen LogP contribution < -0.4 is 0 Å². The van der Waals surface area contributed by atoms with Crippen molar-refractivity contribution in [2.45, 2.75) is 53.6 Å². The van der Waals surface area contributed by atoms with Crippen molar-refractivity contribution in [2.75, 3.05) is 13.1 Å². The van der Waals surface area contributed by atoms with Crippen molar-refractivity contribution in [3.05, 3.63) is 0 Å². The molecule has 5 nitrogen and oxygen atoms in total. The maximum atomic E-state index is 12.1. The fourth-order valence-corrected chi connectivity index (χ4v) is 2.62. The van der Waals surface area contributed by atoms with E-state index < -0.39 is 23.6 Å². The van der Waals surface area contributed by atoms with Gasteiger partial charge in [0.1, 0.15) is 5.60 Å². The summed E-state index contributed by atoms with van der Waals surface area (Å²) in [5.74, 6) is -1.34. The van der Waals surface area contributed by atoms with E-state index in [0.29, 0.717) is 6.54 Å². The molecule has 0 aromatic heterocycles. The van der Waals surface area contributed by atoms with Crippen molar-refractivity contribution in [3.63, 3.8) is 0 Å². The highest BCUT2D eigenvalue weighted by atomic mass is 16.6. The minimum Gasteiger partial charge on any atom is -0.481 e. The molecule has 0 bridgehead atoms. The van der Waals surface area contributed by atoms with Crippen LogP contribution in [0.4, 0.5) is 4.79 Å². The topological polar surface area (TPSA) is 66.8 Å². The van der Waals surface area contributed by atoms with Crippen molar-refractivity contribution >= 4 is 12.1 Å². The van der Waals surface area contributed by atoms with E-state index in [0.717, 1.165) is 6.42 Å². The Morgan fingerprint density at radius 3 is 2.10 bits per heavy atom. The molecule has 1 fully saturated rings. The molecule has 116 valence electrons. The number of hydrogen-bond donors (Lipinski definition) is 1. The van der Waals surface area contributed by atoms with Crippen molar-refractivity contribution in [1.29, 1.82) is 0 Å². The maximum absolute atomic E-state index is 12.1. The first kappa shape index (κ1) is 16.8. The Balaban J connectivity index is 2.75. The summed E-state index contributed by atoms with van der Waals surface area (Å²) in [6.45, 7) is 12.4. The average Bonchev–Trinajstić information content (AvgIpc) is 2.56. The standard InChI is InChI=1S/C15H27NO4/c1-14(2,3)7-10-8-16(9-11(10)12(17)18)13(19)20-15(4,5)6/h10-11H,7-9H2,1-6H3,(H,17,18)/t10-,11-/m1/s1. The molecule has 0 spiro atoms. The summed E-state index contributed by atoms with van der Waals surface area (Å²) in [5.41, 5.74) is -0.514. The number of nitrogens with zero attached hydrogens (tertiary/aromatic N) is 1. The lowest BCUT2D eigenvalue weighted by atomic mass is 9.80. The van der Waals surface area contributed by atoms with E-state index >= 15 is 0 Å². The largest absolute Gasteiger partial charge is 0.481 e. The summed E-state index contributed by atoms with van der Waals surface area (Å²) >= 11 is 0. The number of carboxylic acid groups (broad SMARTS) is 1. The summed E-state index contributed by atoms with van der Waals surface area (Å²) in [5, 5.41) is 9.33. The molecule has 1 aliphatic heterocycles. The number of rotatable bonds is 2. The zero-order valence-electron chi connectivity index (χ0n) is 13.4. The SMILES string of the molecule is CC(C)(C)C[C@@H]1CN(C(=O)OC(C)(C)C)C[C@H]1C(=O)O. The van der Waals surface area contributed by atoms with Gasteiger partial charge in [-0.2, -0.15) is 0 Å².